The molecule has 23 heavy (non-hydrogen) atoms. The van der Waals surface area contributed by atoms with Crippen molar-refractivity contribution >= 4 is 23.3 Å². The van der Waals surface area contributed by atoms with Gasteiger partial charge in [-0.1, -0.05) is 0 Å². The van der Waals surface area contributed by atoms with Crippen LogP contribution in [0.1, 0.15) is 36.5 Å². The van der Waals surface area contributed by atoms with E-state index in [1.165, 1.54) is 11.8 Å². The largest absolute Gasteiger partial charge is 0.482 e. The molecule has 0 aliphatic carbocycles. The maximum Gasteiger partial charge on any atom is 0.265 e. The van der Waals surface area contributed by atoms with E-state index in [0.29, 0.717) is 17.0 Å². The number of Topliss-reactive ketones (excluding diaryl/α,β-unsaturated/α-hetero) is 1. The van der Waals surface area contributed by atoms with Gasteiger partial charge in [-0.15, -0.1) is 0 Å². The summed E-state index contributed by atoms with van der Waals surface area (Å²) < 4.78 is 5.40. The summed E-state index contributed by atoms with van der Waals surface area (Å²) >= 11 is 0. The minimum Gasteiger partial charge on any atom is -0.482 e. The van der Waals surface area contributed by atoms with Crippen LogP contribution in [0, 0.1) is 0 Å². The van der Waals surface area contributed by atoms with Crippen LogP contribution in [0.4, 0.5) is 5.69 Å². The Bertz CT molecular complexity index is 650. The highest BCUT2D eigenvalue weighted by atomic mass is 16.5. The highest BCUT2D eigenvalue weighted by Crippen LogP contribution is 2.33. The third-order valence-corrected chi connectivity index (χ3v) is 4.31. The van der Waals surface area contributed by atoms with E-state index in [2.05, 4.69) is 0 Å². The Morgan fingerprint density at radius 2 is 1.91 bits per heavy atom. The van der Waals surface area contributed by atoms with Crippen LogP contribution in [0.3, 0.4) is 0 Å². The number of fused-ring (bicyclic) bond motifs is 1. The lowest BCUT2D eigenvalue weighted by Crippen LogP contribution is -2.47. The third-order valence-electron chi connectivity index (χ3n) is 4.31. The Hall–Kier alpha value is -2.37. The second kappa shape index (κ2) is 6.40. The van der Waals surface area contributed by atoms with Crippen molar-refractivity contribution in [2.24, 2.45) is 0 Å². The summed E-state index contributed by atoms with van der Waals surface area (Å²) in [5.74, 6) is 0.122. The Kier molecular flexibility index (Phi) is 4.32. The number of nitrogens with zero attached hydrogens (tertiary/aromatic N) is 2. The highest BCUT2D eigenvalue weighted by molar-refractivity contribution is 6.04. The Morgan fingerprint density at radius 3 is 2.61 bits per heavy atom. The van der Waals surface area contributed by atoms with Gasteiger partial charge in [-0.25, -0.2) is 0 Å². The molecule has 1 aromatic rings. The topological polar surface area (TPSA) is 66.9 Å². The average Bonchev–Trinajstić information content (AvgIpc) is 2.57. The van der Waals surface area contributed by atoms with Crippen LogP contribution in [0.15, 0.2) is 18.2 Å². The molecule has 6 heteroatoms. The Balaban J connectivity index is 1.84. The molecular formula is C17H20N2O4. The quantitative estimate of drug-likeness (QED) is 0.795. The second-order valence-electron chi connectivity index (χ2n) is 5.95. The molecule has 0 atom stereocenters. The van der Waals surface area contributed by atoms with Gasteiger partial charge >= 0.3 is 0 Å². The first-order chi connectivity index (χ1) is 11.1. The normalized spacial score (nSPS) is 17.5. The molecule has 0 aromatic heterocycles. The summed E-state index contributed by atoms with van der Waals surface area (Å²) in [6.45, 7) is 2.88. The first kappa shape index (κ1) is 15.5. The predicted octanol–water partition coefficient (Wildman–Crippen LogP) is 1.63. The SMILES string of the molecule is CC(=O)c1ccc2c(c1)N(CC(=O)N1CCCCC1)C(=O)CO2. The van der Waals surface area contributed by atoms with Crippen molar-refractivity contribution in [3.63, 3.8) is 0 Å². The van der Waals surface area contributed by atoms with Crippen LogP contribution >= 0.6 is 0 Å². The Morgan fingerprint density at radius 1 is 1.17 bits per heavy atom. The van der Waals surface area contributed by atoms with Crippen LogP contribution in [0.2, 0.25) is 0 Å². The number of amides is 2. The number of piperidine rings is 1. The monoisotopic (exact) mass is 316 g/mol. The van der Waals surface area contributed by atoms with E-state index in [4.69, 9.17) is 4.74 Å². The zero-order valence-electron chi connectivity index (χ0n) is 13.2. The summed E-state index contributed by atoms with van der Waals surface area (Å²) in [5.41, 5.74) is 0.997. The van der Waals surface area contributed by atoms with Crippen molar-refractivity contribution in [2.45, 2.75) is 26.2 Å². The van der Waals surface area contributed by atoms with Crippen molar-refractivity contribution in [3.8, 4) is 5.75 Å². The standard InChI is InChI=1S/C17H20N2O4/c1-12(20)13-5-6-15-14(9-13)19(17(22)11-23-15)10-16(21)18-7-3-2-4-8-18/h5-6,9H,2-4,7-8,10-11H2,1H3. The van der Waals surface area contributed by atoms with Gasteiger partial charge in [-0.05, 0) is 44.4 Å². The molecule has 1 saturated heterocycles. The van der Waals surface area contributed by atoms with Gasteiger partial charge < -0.3 is 9.64 Å². The zero-order chi connectivity index (χ0) is 16.4. The average molecular weight is 316 g/mol. The van der Waals surface area contributed by atoms with Gasteiger partial charge in [0.2, 0.25) is 5.91 Å². The van der Waals surface area contributed by atoms with Crippen LogP contribution in [0.5, 0.6) is 5.75 Å². The summed E-state index contributed by atoms with van der Waals surface area (Å²) in [4.78, 5) is 39.5. The van der Waals surface area contributed by atoms with Gasteiger partial charge in [0.25, 0.3) is 5.91 Å². The molecule has 1 aromatic carbocycles. The van der Waals surface area contributed by atoms with Crippen LogP contribution in [-0.4, -0.2) is 48.7 Å². The number of anilines is 1. The van der Waals surface area contributed by atoms with E-state index >= 15 is 0 Å². The first-order valence-electron chi connectivity index (χ1n) is 7.92. The summed E-state index contributed by atoms with van der Waals surface area (Å²) in [5, 5.41) is 0. The van der Waals surface area contributed by atoms with Crippen LogP contribution < -0.4 is 9.64 Å². The minimum absolute atomic E-state index is 0.00342. The maximum atomic E-state index is 12.5. The molecule has 0 unspecified atom stereocenters. The lowest BCUT2D eigenvalue weighted by molar-refractivity contribution is -0.132. The molecule has 0 N–H and O–H groups in total. The van der Waals surface area contributed by atoms with Crippen molar-refractivity contribution in [1.82, 2.24) is 4.90 Å². The molecule has 2 heterocycles. The summed E-state index contributed by atoms with van der Waals surface area (Å²) in [6, 6.07) is 4.97. The number of hydrogen-bond acceptors (Lipinski definition) is 4. The zero-order valence-corrected chi connectivity index (χ0v) is 13.2. The molecule has 2 amide bonds. The van der Waals surface area contributed by atoms with E-state index < -0.39 is 0 Å². The van der Waals surface area contributed by atoms with Gasteiger partial charge in [-0.2, -0.15) is 0 Å². The number of likely N-dealkylation sites (tertiary alicyclic amines) is 1. The maximum absolute atomic E-state index is 12.5. The number of hydrogen-bond donors (Lipinski definition) is 0. The van der Waals surface area contributed by atoms with Gasteiger partial charge in [0.15, 0.2) is 12.4 Å². The molecule has 6 nitrogen and oxygen atoms in total. The van der Waals surface area contributed by atoms with Crippen LogP contribution in [0.25, 0.3) is 0 Å². The summed E-state index contributed by atoms with van der Waals surface area (Å²) in [7, 11) is 0. The fourth-order valence-electron chi connectivity index (χ4n) is 2.97. The molecule has 122 valence electrons. The lowest BCUT2D eigenvalue weighted by Gasteiger charge is -2.32. The van der Waals surface area contributed by atoms with Crippen molar-refractivity contribution in [3.05, 3.63) is 23.8 Å². The van der Waals surface area contributed by atoms with Crippen molar-refractivity contribution < 1.29 is 19.1 Å². The number of rotatable bonds is 3. The Labute approximate surface area is 135 Å². The number of carbonyl (C=O) groups is 3. The van der Waals surface area contributed by atoms with Gasteiger partial charge in [0, 0.05) is 18.7 Å². The molecular weight excluding hydrogens is 296 g/mol. The molecule has 2 aliphatic heterocycles. The molecule has 0 spiro atoms. The van der Waals surface area contributed by atoms with E-state index in [0.717, 1.165) is 32.4 Å². The van der Waals surface area contributed by atoms with E-state index in [-0.39, 0.29) is 30.7 Å². The van der Waals surface area contributed by atoms with Crippen molar-refractivity contribution in [2.75, 3.05) is 31.1 Å². The number of carbonyl (C=O) groups excluding carboxylic acids is 3. The fourth-order valence-corrected chi connectivity index (χ4v) is 2.97. The van der Waals surface area contributed by atoms with Crippen LogP contribution in [-0.2, 0) is 9.59 Å². The number of ketones is 1. The van der Waals surface area contributed by atoms with Crippen molar-refractivity contribution in [1.29, 1.82) is 0 Å². The van der Waals surface area contributed by atoms with E-state index in [1.807, 2.05) is 0 Å². The summed E-state index contributed by atoms with van der Waals surface area (Å²) in [6.07, 6.45) is 3.16. The first-order valence-corrected chi connectivity index (χ1v) is 7.92. The van der Waals surface area contributed by atoms with Gasteiger partial charge in [0.05, 0.1) is 5.69 Å². The third kappa shape index (κ3) is 3.21. The molecule has 2 aliphatic rings. The number of benzene rings is 1. The molecule has 0 bridgehead atoms. The van der Waals surface area contributed by atoms with E-state index in [1.54, 1.807) is 23.1 Å². The van der Waals surface area contributed by atoms with Gasteiger partial charge in [0.1, 0.15) is 12.3 Å². The van der Waals surface area contributed by atoms with E-state index in [9.17, 15) is 14.4 Å². The predicted molar refractivity (Wildman–Crippen MR) is 84.7 cm³/mol. The highest BCUT2D eigenvalue weighted by Gasteiger charge is 2.29. The molecule has 0 saturated carbocycles. The molecule has 3 rings (SSSR count). The fraction of sp³-hybridized carbons (Fsp3) is 0.471. The second-order valence-corrected chi connectivity index (χ2v) is 5.95. The smallest absolute Gasteiger partial charge is 0.265 e. The molecule has 0 radical (unpaired) electrons. The minimum atomic E-state index is -0.261. The van der Waals surface area contributed by atoms with Gasteiger partial charge in [-0.3, -0.25) is 19.3 Å². The lowest BCUT2D eigenvalue weighted by atomic mass is 10.1. The number of ether oxygens (including phenoxy) is 1. The molecule has 1 fully saturated rings.